The van der Waals surface area contributed by atoms with E-state index in [2.05, 4.69) is 9.72 Å². The maximum Gasteiger partial charge on any atom is 0.422 e. The van der Waals surface area contributed by atoms with E-state index in [1.165, 1.54) is 31.5 Å². The van der Waals surface area contributed by atoms with Crippen LogP contribution in [0.5, 0.6) is 23.0 Å². The van der Waals surface area contributed by atoms with E-state index in [1.807, 2.05) is 0 Å². The summed E-state index contributed by atoms with van der Waals surface area (Å²) in [6.45, 7) is -1.76. The normalized spacial score (nSPS) is 11.4. The van der Waals surface area contributed by atoms with Crippen LogP contribution in [0.15, 0.2) is 30.5 Å². The van der Waals surface area contributed by atoms with Crippen molar-refractivity contribution in [1.82, 2.24) is 4.98 Å². The van der Waals surface area contributed by atoms with E-state index in [-0.39, 0.29) is 33.7 Å². The standard InChI is InChI=1S/C19H14ClF4N3O4/c1-29-14-6-12-8(4-9(14)18(26)28)13(2-3-27-12)31-16-10(21)5-11(25)15(20)17(16)30-7-19(22,23)24/h2-6H,7,25H2,1H3,(H2,26,28). The highest BCUT2D eigenvalue weighted by molar-refractivity contribution is 6.34. The molecule has 31 heavy (non-hydrogen) atoms. The number of nitrogen functional groups attached to an aromatic ring is 1. The van der Waals surface area contributed by atoms with Gasteiger partial charge >= 0.3 is 6.18 Å². The van der Waals surface area contributed by atoms with Crippen LogP contribution < -0.4 is 25.7 Å². The number of anilines is 1. The molecule has 1 amide bonds. The second-order valence-electron chi connectivity index (χ2n) is 6.17. The average molecular weight is 460 g/mol. The minimum absolute atomic E-state index is 0.0165. The molecule has 0 aliphatic heterocycles. The number of carbonyl (C=O) groups excluding carboxylic acids is 1. The van der Waals surface area contributed by atoms with Crippen LogP contribution in [0.1, 0.15) is 10.4 Å². The number of primary amides is 1. The van der Waals surface area contributed by atoms with Crippen molar-refractivity contribution in [2.45, 2.75) is 6.18 Å². The highest BCUT2D eigenvalue weighted by Gasteiger charge is 2.31. The molecule has 12 heteroatoms. The quantitative estimate of drug-likeness (QED) is 0.416. The lowest BCUT2D eigenvalue weighted by Gasteiger charge is -2.18. The molecule has 0 bridgehead atoms. The van der Waals surface area contributed by atoms with Gasteiger partial charge in [-0.25, -0.2) is 4.39 Å². The Bertz CT molecular complexity index is 1170. The number of ether oxygens (including phenoxy) is 3. The third-order valence-electron chi connectivity index (χ3n) is 4.04. The number of carbonyl (C=O) groups is 1. The molecule has 0 fully saturated rings. The molecular formula is C19H14ClF4N3O4. The molecule has 2 aromatic carbocycles. The van der Waals surface area contributed by atoms with Crippen LogP contribution in [0, 0.1) is 5.82 Å². The fourth-order valence-corrected chi connectivity index (χ4v) is 2.89. The molecule has 0 atom stereocenters. The van der Waals surface area contributed by atoms with Crippen LogP contribution >= 0.6 is 11.6 Å². The Labute approximate surface area is 177 Å². The summed E-state index contributed by atoms with van der Waals surface area (Å²) >= 11 is 5.94. The monoisotopic (exact) mass is 459 g/mol. The summed E-state index contributed by atoms with van der Waals surface area (Å²) in [6, 6.07) is 4.78. The van der Waals surface area contributed by atoms with Crippen LogP contribution in [0.25, 0.3) is 10.9 Å². The minimum Gasteiger partial charge on any atom is -0.496 e. The van der Waals surface area contributed by atoms with Crippen LogP contribution in [0.3, 0.4) is 0 Å². The second-order valence-corrected chi connectivity index (χ2v) is 6.55. The predicted molar refractivity (Wildman–Crippen MR) is 104 cm³/mol. The van der Waals surface area contributed by atoms with Crippen molar-refractivity contribution in [3.63, 3.8) is 0 Å². The van der Waals surface area contributed by atoms with Gasteiger partial charge in [0, 0.05) is 23.7 Å². The van der Waals surface area contributed by atoms with Crippen molar-refractivity contribution in [3.05, 3.63) is 46.9 Å². The van der Waals surface area contributed by atoms with Gasteiger partial charge in [-0.05, 0) is 12.1 Å². The van der Waals surface area contributed by atoms with E-state index < -0.39 is 41.0 Å². The predicted octanol–water partition coefficient (Wildman–Crippen LogP) is 4.45. The van der Waals surface area contributed by atoms with Crippen molar-refractivity contribution in [1.29, 1.82) is 0 Å². The topological polar surface area (TPSA) is 110 Å². The number of alkyl halides is 3. The molecule has 0 saturated carbocycles. The zero-order valence-corrected chi connectivity index (χ0v) is 16.5. The number of amides is 1. The maximum atomic E-state index is 14.6. The summed E-state index contributed by atoms with van der Waals surface area (Å²) in [5, 5.41) is -0.260. The number of rotatable bonds is 6. The molecule has 164 valence electrons. The second kappa shape index (κ2) is 8.34. The summed E-state index contributed by atoms with van der Waals surface area (Å²) in [5.74, 6) is -3.32. The van der Waals surface area contributed by atoms with E-state index in [9.17, 15) is 22.4 Å². The van der Waals surface area contributed by atoms with Crippen LogP contribution in [-0.4, -0.2) is 30.8 Å². The molecule has 7 nitrogen and oxygen atoms in total. The SMILES string of the molecule is COc1cc2nccc(Oc3c(F)cc(N)c(Cl)c3OCC(F)(F)F)c2cc1C(N)=O. The van der Waals surface area contributed by atoms with E-state index >= 15 is 0 Å². The van der Waals surface area contributed by atoms with Crippen molar-refractivity contribution in [2.24, 2.45) is 5.73 Å². The lowest BCUT2D eigenvalue weighted by atomic mass is 10.1. The van der Waals surface area contributed by atoms with Gasteiger partial charge < -0.3 is 25.7 Å². The third kappa shape index (κ3) is 4.66. The molecule has 0 unspecified atom stereocenters. The van der Waals surface area contributed by atoms with Gasteiger partial charge in [0.1, 0.15) is 16.5 Å². The molecule has 1 aromatic heterocycles. The number of hydrogen-bond donors (Lipinski definition) is 2. The summed E-state index contributed by atoms with van der Waals surface area (Å²) < 4.78 is 67.8. The van der Waals surface area contributed by atoms with Crippen LogP contribution in [0.4, 0.5) is 23.2 Å². The first-order valence-electron chi connectivity index (χ1n) is 8.43. The first-order chi connectivity index (χ1) is 14.5. The zero-order chi connectivity index (χ0) is 22.9. The summed E-state index contributed by atoms with van der Waals surface area (Å²) in [7, 11) is 1.32. The van der Waals surface area contributed by atoms with Gasteiger partial charge in [-0.15, -0.1) is 0 Å². The van der Waals surface area contributed by atoms with E-state index in [4.69, 9.17) is 32.5 Å². The number of methoxy groups -OCH3 is 1. The summed E-state index contributed by atoms with van der Waals surface area (Å²) in [5.41, 5.74) is 10.8. The molecule has 0 spiro atoms. The molecule has 0 saturated heterocycles. The highest BCUT2D eigenvalue weighted by Crippen LogP contribution is 2.45. The summed E-state index contributed by atoms with van der Waals surface area (Å²) in [4.78, 5) is 15.8. The molecule has 3 aromatic rings. The first-order valence-corrected chi connectivity index (χ1v) is 8.81. The molecule has 0 aliphatic carbocycles. The van der Waals surface area contributed by atoms with Gasteiger partial charge in [-0.2, -0.15) is 13.2 Å². The number of hydrogen-bond acceptors (Lipinski definition) is 6. The number of aromatic nitrogens is 1. The first kappa shape index (κ1) is 22.2. The smallest absolute Gasteiger partial charge is 0.422 e. The third-order valence-corrected chi connectivity index (χ3v) is 4.43. The largest absolute Gasteiger partial charge is 0.496 e. The highest BCUT2D eigenvalue weighted by atomic mass is 35.5. The van der Waals surface area contributed by atoms with E-state index in [1.54, 1.807) is 0 Å². The Morgan fingerprint density at radius 1 is 1.19 bits per heavy atom. The molecule has 0 aliphatic rings. The Balaban J connectivity index is 2.15. The van der Waals surface area contributed by atoms with Crippen molar-refractivity contribution in [2.75, 3.05) is 19.5 Å². The van der Waals surface area contributed by atoms with E-state index in [0.29, 0.717) is 0 Å². The summed E-state index contributed by atoms with van der Waals surface area (Å²) in [6.07, 6.45) is -3.42. The number of nitrogens with zero attached hydrogens (tertiary/aromatic N) is 1. The fraction of sp³-hybridized carbons (Fsp3) is 0.158. The van der Waals surface area contributed by atoms with Crippen molar-refractivity contribution in [3.8, 4) is 23.0 Å². The van der Waals surface area contributed by atoms with Gasteiger partial charge in [-0.1, -0.05) is 11.6 Å². The Hall–Kier alpha value is -3.47. The van der Waals surface area contributed by atoms with Crippen molar-refractivity contribution < 1.29 is 36.6 Å². The van der Waals surface area contributed by atoms with Gasteiger partial charge in [0.25, 0.3) is 5.91 Å². The number of halogens is 5. The van der Waals surface area contributed by atoms with Gasteiger partial charge in [0.2, 0.25) is 5.75 Å². The van der Waals surface area contributed by atoms with Crippen LogP contribution in [0.2, 0.25) is 5.02 Å². The number of fused-ring (bicyclic) bond motifs is 1. The average Bonchev–Trinajstić information content (AvgIpc) is 2.69. The molecule has 3 rings (SSSR count). The lowest BCUT2D eigenvalue weighted by Crippen LogP contribution is -2.20. The molecule has 1 heterocycles. The molecule has 4 N–H and O–H groups in total. The zero-order valence-electron chi connectivity index (χ0n) is 15.7. The number of benzene rings is 2. The number of nitrogens with two attached hydrogens (primary N) is 2. The van der Waals surface area contributed by atoms with Gasteiger partial charge in [0.15, 0.2) is 18.2 Å². The van der Waals surface area contributed by atoms with Gasteiger partial charge in [-0.3, -0.25) is 9.78 Å². The Morgan fingerprint density at radius 2 is 1.90 bits per heavy atom. The lowest BCUT2D eigenvalue weighted by molar-refractivity contribution is -0.153. The van der Waals surface area contributed by atoms with E-state index in [0.717, 1.165) is 6.07 Å². The number of pyridine rings is 1. The van der Waals surface area contributed by atoms with Gasteiger partial charge in [0.05, 0.1) is 23.9 Å². The van der Waals surface area contributed by atoms with Crippen molar-refractivity contribution >= 4 is 34.1 Å². The van der Waals surface area contributed by atoms with Crippen LogP contribution in [-0.2, 0) is 0 Å². The molecule has 0 radical (unpaired) electrons. The molecular weight excluding hydrogens is 446 g/mol. The minimum atomic E-state index is -4.72. The Kier molecular flexibility index (Phi) is 5.98. The Morgan fingerprint density at radius 3 is 2.52 bits per heavy atom. The fourth-order valence-electron chi connectivity index (χ4n) is 2.69. The maximum absolute atomic E-state index is 14.6.